The zero-order valence-electron chi connectivity index (χ0n) is 9.16. The van der Waals surface area contributed by atoms with Crippen LogP contribution in [-0.2, 0) is 22.7 Å². The molecule has 3 nitrogen and oxygen atoms in total. The maximum absolute atomic E-state index is 11.6. The maximum Gasteiger partial charge on any atom is 0.178 e. The third-order valence-electron chi connectivity index (χ3n) is 2.87. The Bertz CT molecular complexity index is 511. The van der Waals surface area contributed by atoms with Gasteiger partial charge in [0, 0.05) is 11.9 Å². The van der Waals surface area contributed by atoms with Gasteiger partial charge in [-0.15, -0.1) is 0 Å². The van der Waals surface area contributed by atoms with Crippen molar-refractivity contribution in [3.63, 3.8) is 0 Å². The molecule has 0 N–H and O–H groups in total. The lowest BCUT2D eigenvalue weighted by Crippen LogP contribution is -2.05. The zero-order valence-corrected chi connectivity index (χ0v) is 11.6. The Morgan fingerprint density at radius 3 is 2.62 bits per heavy atom. The van der Waals surface area contributed by atoms with Crippen molar-refractivity contribution in [3.8, 4) is 0 Å². The minimum Gasteiger partial charge on any atom is -0.244 e. The number of fused-ring (bicyclic) bond motifs is 1. The van der Waals surface area contributed by atoms with Gasteiger partial charge in [0.05, 0.1) is 4.90 Å². The summed E-state index contributed by atoms with van der Waals surface area (Å²) < 4.78 is 23.6. The summed E-state index contributed by atoms with van der Waals surface area (Å²) in [6.07, 6.45) is 6.58. The van der Waals surface area contributed by atoms with E-state index in [9.17, 15) is 8.42 Å². The molecule has 0 aromatic carbocycles. The second-order valence-corrected chi connectivity index (χ2v) is 6.95. The van der Waals surface area contributed by atoms with Crippen molar-refractivity contribution in [1.82, 2.24) is 4.98 Å². The SMILES string of the molecule is CS(=O)(=O)c1cc2c(nc1Br)CCCCC2. The zero-order chi connectivity index (χ0) is 11.8. The topological polar surface area (TPSA) is 47.0 Å². The van der Waals surface area contributed by atoms with E-state index in [0.717, 1.165) is 36.9 Å². The van der Waals surface area contributed by atoms with Crippen LogP contribution < -0.4 is 0 Å². The summed E-state index contributed by atoms with van der Waals surface area (Å²) in [4.78, 5) is 4.69. The fourth-order valence-corrected chi connectivity index (χ4v) is 3.94. The molecule has 1 aliphatic carbocycles. The summed E-state index contributed by atoms with van der Waals surface area (Å²) in [7, 11) is -3.19. The lowest BCUT2D eigenvalue weighted by Gasteiger charge is -2.09. The number of rotatable bonds is 1. The average molecular weight is 304 g/mol. The molecule has 5 heteroatoms. The smallest absolute Gasteiger partial charge is 0.178 e. The number of sulfone groups is 1. The number of hydrogen-bond donors (Lipinski definition) is 0. The maximum atomic E-state index is 11.6. The summed E-state index contributed by atoms with van der Waals surface area (Å²) >= 11 is 3.25. The van der Waals surface area contributed by atoms with Gasteiger partial charge in [-0.1, -0.05) is 6.42 Å². The lowest BCUT2D eigenvalue weighted by atomic mass is 10.1. The normalized spacial score (nSPS) is 16.6. The van der Waals surface area contributed by atoms with Gasteiger partial charge >= 0.3 is 0 Å². The predicted octanol–water partition coefficient (Wildman–Crippen LogP) is 2.52. The van der Waals surface area contributed by atoms with Crippen LogP contribution in [0.15, 0.2) is 15.6 Å². The highest BCUT2D eigenvalue weighted by Gasteiger charge is 2.18. The van der Waals surface area contributed by atoms with E-state index >= 15 is 0 Å². The molecule has 1 heterocycles. The van der Waals surface area contributed by atoms with Gasteiger partial charge in [-0.05, 0) is 53.2 Å². The molecule has 0 amide bonds. The first-order chi connectivity index (χ1) is 7.48. The highest BCUT2D eigenvalue weighted by Crippen LogP contribution is 2.27. The second kappa shape index (κ2) is 4.45. The Hall–Kier alpha value is -0.420. The van der Waals surface area contributed by atoms with E-state index in [2.05, 4.69) is 20.9 Å². The van der Waals surface area contributed by atoms with Crippen LogP contribution in [0.1, 0.15) is 30.5 Å². The summed E-state index contributed by atoms with van der Waals surface area (Å²) in [5.74, 6) is 0. The molecule has 0 saturated heterocycles. The molecule has 0 atom stereocenters. The van der Waals surface area contributed by atoms with Gasteiger partial charge < -0.3 is 0 Å². The fourth-order valence-electron chi connectivity index (χ4n) is 2.02. The fraction of sp³-hybridized carbons (Fsp3) is 0.545. The van der Waals surface area contributed by atoms with Gasteiger partial charge in [0.1, 0.15) is 4.60 Å². The van der Waals surface area contributed by atoms with Crippen molar-refractivity contribution in [1.29, 1.82) is 0 Å². The molecule has 2 rings (SSSR count). The Morgan fingerprint density at radius 2 is 1.94 bits per heavy atom. The average Bonchev–Trinajstić information content (AvgIpc) is 2.39. The van der Waals surface area contributed by atoms with Crippen LogP contribution in [0.2, 0.25) is 0 Å². The lowest BCUT2D eigenvalue weighted by molar-refractivity contribution is 0.600. The van der Waals surface area contributed by atoms with E-state index in [1.54, 1.807) is 6.07 Å². The van der Waals surface area contributed by atoms with E-state index in [1.165, 1.54) is 12.7 Å². The number of pyridine rings is 1. The third-order valence-corrected chi connectivity index (χ3v) is 4.85. The molecule has 1 aromatic rings. The molecule has 0 unspecified atom stereocenters. The van der Waals surface area contributed by atoms with Crippen LogP contribution in [0, 0.1) is 0 Å². The minimum absolute atomic E-state index is 0.313. The van der Waals surface area contributed by atoms with Crippen LogP contribution in [0.3, 0.4) is 0 Å². The van der Waals surface area contributed by atoms with Gasteiger partial charge in [0.2, 0.25) is 0 Å². The third kappa shape index (κ3) is 2.46. The van der Waals surface area contributed by atoms with Crippen molar-refractivity contribution in [2.75, 3.05) is 6.26 Å². The molecule has 1 aromatic heterocycles. The van der Waals surface area contributed by atoms with Gasteiger partial charge in [-0.25, -0.2) is 13.4 Å². The first-order valence-corrected chi connectivity index (χ1v) is 8.05. The number of aromatic nitrogens is 1. The van der Waals surface area contributed by atoms with Crippen molar-refractivity contribution < 1.29 is 8.42 Å². The van der Waals surface area contributed by atoms with E-state index in [1.807, 2.05) is 0 Å². The molecule has 0 fully saturated rings. The molecule has 1 aliphatic rings. The summed E-state index contributed by atoms with van der Waals surface area (Å²) in [6.45, 7) is 0. The Kier molecular flexibility index (Phi) is 3.35. The molecular formula is C11H14BrNO2S. The standard InChI is InChI=1S/C11H14BrNO2S/c1-16(14,15)10-7-8-5-3-2-4-6-9(8)13-11(10)12/h7H,2-6H2,1H3. The highest BCUT2D eigenvalue weighted by molar-refractivity contribution is 9.10. The molecule has 0 radical (unpaired) electrons. The highest BCUT2D eigenvalue weighted by atomic mass is 79.9. The number of halogens is 1. The van der Waals surface area contributed by atoms with Gasteiger partial charge in [0.15, 0.2) is 9.84 Å². The van der Waals surface area contributed by atoms with E-state index in [-0.39, 0.29) is 0 Å². The molecule has 88 valence electrons. The van der Waals surface area contributed by atoms with Crippen LogP contribution in [0.5, 0.6) is 0 Å². The number of aryl methyl sites for hydroxylation is 2. The van der Waals surface area contributed by atoms with Gasteiger partial charge in [0.25, 0.3) is 0 Å². The van der Waals surface area contributed by atoms with Crippen molar-refractivity contribution in [2.45, 2.75) is 37.0 Å². The monoisotopic (exact) mass is 303 g/mol. The van der Waals surface area contributed by atoms with Gasteiger partial charge in [-0.3, -0.25) is 0 Å². The van der Waals surface area contributed by atoms with Crippen molar-refractivity contribution in [3.05, 3.63) is 21.9 Å². The Labute approximate surface area is 104 Å². The van der Waals surface area contributed by atoms with Crippen molar-refractivity contribution in [2.24, 2.45) is 0 Å². The largest absolute Gasteiger partial charge is 0.244 e. The quantitative estimate of drug-likeness (QED) is 0.591. The summed E-state index contributed by atoms with van der Waals surface area (Å²) in [5, 5.41) is 0. The first kappa shape index (κ1) is 12.0. The van der Waals surface area contributed by atoms with Crippen LogP contribution in [-0.4, -0.2) is 19.7 Å². The van der Waals surface area contributed by atoms with E-state index < -0.39 is 9.84 Å². The number of nitrogens with zero attached hydrogens (tertiary/aromatic N) is 1. The Balaban J connectivity index is 2.56. The van der Waals surface area contributed by atoms with Crippen LogP contribution >= 0.6 is 15.9 Å². The summed E-state index contributed by atoms with van der Waals surface area (Å²) in [5.41, 5.74) is 2.15. The molecule has 0 aliphatic heterocycles. The van der Waals surface area contributed by atoms with E-state index in [0.29, 0.717) is 9.50 Å². The first-order valence-electron chi connectivity index (χ1n) is 5.37. The Morgan fingerprint density at radius 1 is 1.25 bits per heavy atom. The van der Waals surface area contributed by atoms with E-state index in [4.69, 9.17) is 0 Å². The van der Waals surface area contributed by atoms with Crippen LogP contribution in [0.25, 0.3) is 0 Å². The summed E-state index contributed by atoms with van der Waals surface area (Å²) in [6, 6.07) is 1.78. The molecule has 0 saturated carbocycles. The van der Waals surface area contributed by atoms with Crippen molar-refractivity contribution >= 4 is 25.8 Å². The molecule has 0 spiro atoms. The number of hydrogen-bond acceptors (Lipinski definition) is 3. The molecule has 0 bridgehead atoms. The second-order valence-electron chi connectivity index (χ2n) is 4.22. The predicted molar refractivity (Wildman–Crippen MR) is 66.3 cm³/mol. The van der Waals surface area contributed by atoms with Gasteiger partial charge in [-0.2, -0.15) is 0 Å². The minimum atomic E-state index is -3.19. The van der Waals surface area contributed by atoms with Crippen LogP contribution in [0.4, 0.5) is 0 Å². The molecular weight excluding hydrogens is 290 g/mol. The molecule has 16 heavy (non-hydrogen) atoms.